The molecule has 0 fully saturated rings. The van der Waals surface area contributed by atoms with Gasteiger partial charge in [0.1, 0.15) is 17.7 Å². The topological polar surface area (TPSA) is 84.7 Å². The molecule has 0 radical (unpaired) electrons. The van der Waals surface area contributed by atoms with E-state index in [0.29, 0.717) is 29.6 Å². The number of hydrogen-bond donors (Lipinski definition) is 1. The number of aromatic nitrogens is 1. The quantitative estimate of drug-likeness (QED) is 0.737. The molecule has 0 spiro atoms. The Morgan fingerprint density at radius 2 is 1.96 bits per heavy atom. The van der Waals surface area contributed by atoms with Gasteiger partial charge >= 0.3 is 0 Å². The van der Waals surface area contributed by atoms with Gasteiger partial charge in [0.05, 0.1) is 5.69 Å². The lowest BCUT2D eigenvalue weighted by molar-refractivity contribution is -0.121. The number of carbonyl (C=O) groups is 2. The highest BCUT2D eigenvalue weighted by molar-refractivity contribution is 5.99. The van der Waals surface area contributed by atoms with E-state index in [2.05, 4.69) is 10.3 Å². The number of nitrogens with one attached hydrogen (secondary N) is 1. The largest absolute Gasteiger partial charge is 0.482 e. The van der Waals surface area contributed by atoms with Crippen molar-refractivity contribution in [3.05, 3.63) is 60.7 Å². The number of oxazole rings is 1. The van der Waals surface area contributed by atoms with Crippen LogP contribution in [0.2, 0.25) is 0 Å². The van der Waals surface area contributed by atoms with Gasteiger partial charge in [0.25, 0.3) is 5.91 Å². The molecule has 2 heterocycles. The van der Waals surface area contributed by atoms with Crippen LogP contribution in [0.4, 0.5) is 11.4 Å². The van der Waals surface area contributed by atoms with Crippen molar-refractivity contribution in [2.24, 2.45) is 0 Å². The molecule has 0 unspecified atom stereocenters. The summed E-state index contributed by atoms with van der Waals surface area (Å²) in [6.07, 6.45) is 1.78. The van der Waals surface area contributed by atoms with Gasteiger partial charge in [-0.05, 0) is 24.3 Å². The summed E-state index contributed by atoms with van der Waals surface area (Å²) in [5.74, 6) is 0.938. The Morgan fingerprint density at radius 3 is 2.71 bits per heavy atom. The van der Waals surface area contributed by atoms with Gasteiger partial charge in [-0.15, -0.1) is 0 Å². The second kappa shape index (κ2) is 7.56. The number of benzene rings is 2. The Morgan fingerprint density at radius 1 is 1.18 bits per heavy atom. The molecular formula is C21H19N3O4. The summed E-state index contributed by atoms with van der Waals surface area (Å²) in [6, 6.07) is 14.7. The van der Waals surface area contributed by atoms with E-state index in [1.54, 1.807) is 18.1 Å². The number of rotatable bonds is 5. The van der Waals surface area contributed by atoms with Crippen molar-refractivity contribution in [1.82, 2.24) is 4.98 Å². The van der Waals surface area contributed by atoms with Gasteiger partial charge in [-0.25, -0.2) is 4.98 Å². The van der Waals surface area contributed by atoms with Gasteiger partial charge in [-0.1, -0.05) is 24.3 Å². The maximum atomic E-state index is 12.3. The fourth-order valence-corrected chi connectivity index (χ4v) is 3.06. The zero-order valence-corrected chi connectivity index (χ0v) is 15.3. The highest BCUT2D eigenvalue weighted by Gasteiger charge is 2.25. The number of para-hydroxylation sites is 2. The van der Waals surface area contributed by atoms with Crippen molar-refractivity contribution in [3.63, 3.8) is 0 Å². The molecule has 2 aromatic carbocycles. The molecule has 3 aromatic rings. The number of hydrogen-bond acceptors (Lipinski definition) is 5. The SMILES string of the molecule is Cc1nc(-c2ccc(NC(=O)CCN3C(=O)COc4ccccc43)cc2)co1. The van der Waals surface area contributed by atoms with Crippen LogP contribution in [-0.4, -0.2) is 29.9 Å². The van der Waals surface area contributed by atoms with Crippen LogP contribution in [-0.2, 0) is 9.59 Å². The minimum atomic E-state index is -0.165. The Labute approximate surface area is 161 Å². The summed E-state index contributed by atoms with van der Waals surface area (Å²) in [5.41, 5.74) is 3.03. The van der Waals surface area contributed by atoms with Crippen LogP contribution in [0.15, 0.2) is 59.2 Å². The van der Waals surface area contributed by atoms with Crippen molar-refractivity contribution < 1.29 is 18.7 Å². The van der Waals surface area contributed by atoms with Gasteiger partial charge in [-0.3, -0.25) is 9.59 Å². The average Bonchev–Trinajstić information content (AvgIpc) is 3.14. The summed E-state index contributed by atoms with van der Waals surface area (Å²) in [4.78, 5) is 30.4. The molecule has 7 heteroatoms. The Bertz CT molecular complexity index is 1010. The molecule has 142 valence electrons. The Kier molecular flexibility index (Phi) is 4.80. The van der Waals surface area contributed by atoms with E-state index in [1.165, 1.54) is 0 Å². The van der Waals surface area contributed by atoms with E-state index >= 15 is 0 Å². The molecule has 7 nitrogen and oxygen atoms in total. The second-order valence-electron chi connectivity index (χ2n) is 6.43. The van der Waals surface area contributed by atoms with E-state index in [1.807, 2.05) is 48.5 Å². The van der Waals surface area contributed by atoms with Crippen molar-refractivity contribution in [2.45, 2.75) is 13.3 Å². The van der Waals surface area contributed by atoms with Crippen LogP contribution < -0.4 is 15.0 Å². The fraction of sp³-hybridized carbons (Fsp3) is 0.190. The first-order valence-corrected chi connectivity index (χ1v) is 8.95. The minimum absolute atomic E-state index is 0.0123. The lowest BCUT2D eigenvalue weighted by atomic mass is 10.1. The predicted octanol–water partition coefficient (Wildman–Crippen LogP) is 3.40. The van der Waals surface area contributed by atoms with Crippen molar-refractivity contribution in [1.29, 1.82) is 0 Å². The molecule has 1 aliphatic rings. The monoisotopic (exact) mass is 377 g/mol. The number of aryl methyl sites for hydroxylation is 1. The third kappa shape index (κ3) is 3.73. The summed E-state index contributed by atoms with van der Waals surface area (Å²) in [7, 11) is 0. The van der Waals surface area contributed by atoms with Crippen LogP contribution in [0.25, 0.3) is 11.3 Å². The zero-order valence-electron chi connectivity index (χ0n) is 15.3. The van der Waals surface area contributed by atoms with E-state index in [4.69, 9.17) is 9.15 Å². The van der Waals surface area contributed by atoms with Crippen LogP contribution in [0.5, 0.6) is 5.75 Å². The molecular weight excluding hydrogens is 358 g/mol. The minimum Gasteiger partial charge on any atom is -0.482 e. The summed E-state index contributed by atoms with van der Waals surface area (Å²) >= 11 is 0. The molecule has 0 saturated heterocycles. The van der Waals surface area contributed by atoms with E-state index in [-0.39, 0.29) is 24.8 Å². The number of fused-ring (bicyclic) bond motifs is 1. The van der Waals surface area contributed by atoms with Crippen LogP contribution in [0, 0.1) is 6.92 Å². The van der Waals surface area contributed by atoms with Gasteiger partial charge in [0.15, 0.2) is 12.5 Å². The predicted molar refractivity (Wildman–Crippen MR) is 104 cm³/mol. The molecule has 0 saturated carbocycles. The normalized spacial score (nSPS) is 13.0. The number of carbonyl (C=O) groups excluding carboxylic acids is 2. The van der Waals surface area contributed by atoms with Crippen LogP contribution in [0.1, 0.15) is 12.3 Å². The van der Waals surface area contributed by atoms with Crippen molar-refractivity contribution >= 4 is 23.2 Å². The molecule has 0 bridgehead atoms. The Balaban J connectivity index is 1.37. The van der Waals surface area contributed by atoms with E-state index in [0.717, 1.165) is 11.3 Å². The summed E-state index contributed by atoms with van der Waals surface area (Å²) < 4.78 is 10.6. The molecule has 0 atom stereocenters. The molecule has 0 aliphatic carbocycles. The first-order valence-electron chi connectivity index (χ1n) is 8.95. The first kappa shape index (κ1) is 17.8. The number of amides is 2. The van der Waals surface area contributed by atoms with Gasteiger partial charge in [0, 0.05) is 31.1 Å². The second-order valence-corrected chi connectivity index (χ2v) is 6.43. The maximum absolute atomic E-state index is 12.3. The van der Waals surface area contributed by atoms with Crippen molar-refractivity contribution in [2.75, 3.05) is 23.4 Å². The van der Waals surface area contributed by atoms with Crippen molar-refractivity contribution in [3.8, 4) is 17.0 Å². The van der Waals surface area contributed by atoms with E-state index < -0.39 is 0 Å². The third-order valence-corrected chi connectivity index (χ3v) is 4.45. The van der Waals surface area contributed by atoms with Gasteiger partial charge in [-0.2, -0.15) is 0 Å². The van der Waals surface area contributed by atoms with Crippen LogP contribution >= 0.6 is 0 Å². The lowest BCUT2D eigenvalue weighted by Gasteiger charge is -2.29. The number of anilines is 2. The fourth-order valence-electron chi connectivity index (χ4n) is 3.06. The Hall–Kier alpha value is -3.61. The molecule has 1 aromatic heterocycles. The number of ether oxygens (including phenoxy) is 1. The van der Waals surface area contributed by atoms with Gasteiger partial charge in [0.2, 0.25) is 5.91 Å². The lowest BCUT2D eigenvalue weighted by Crippen LogP contribution is -2.40. The van der Waals surface area contributed by atoms with Crippen LogP contribution in [0.3, 0.4) is 0 Å². The zero-order chi connectivity index (χ0) is 19.5. The maximum Gasteiger partial charge on any atom is 0.265 e. The summed E-state index contributed by atoms with van der Waals surface area (Å²) in [6.45, 7) is 2.07. The molecule has 1 N–H and O–H groups in total. The third-order valence-electron chi connectivity index (χ3n) is 4.45. The number of nitrogens with zero attached hydrogens (tertiary/aromatic N) is 2. The van der Waals surface area contributed by atoms with E-state index in [9.17, 15) is 9.59 Å². The molecule has 4 rings (SSSR count). The standard InChI is InChI=1S/C21H19N3O4/c1-14-22-17(12-27-14)15-6-8-16(9-7-15)23-20(25)10-11-24-18-4-2-3-5-19(18)28-13-21(24)26/h2-9,12H,10-11,13H2,1H3,(H,23,25). The summed E-state index contributed by atoms with van der Waals surface area (Å²) in [5, 5.41) is 2.85. The molecule has 1 aliphatic heterocycles. The van der Waals surface area contributed by atoms with Gasteiger partial charge < -0.3 is 19.4 Å². The highest BCUT2D eigenvalue weighted by Crippen LogP contribution is 2.31. The molecule has 28 heavy (non-hydrogen) atoms. The molecule has 2 amide bonds. The average molecular weight is 377 g/mol. The first-order chi connectivity index (χ1) is 13.6. The highest BCUT2D eigenvalue weighted by atomic mass is 16.5. The smallest absolute Gasteiger partial charge is 0.265 e.